The quantitative estimate of drug-likeness (QED) is 0.695. The first-order valence-corrected chi connectivity index (χ1v) is 10.6. The van der Waals surface area contributed by atoms with E-state index in [0.717, 1.165) is 45.3 Å². The molecule has 4 aliphatic heterocycles. The van der Waals surface area contributed by atoms with Gasteiger partial charge in [0.05, 0.1) is 24.2 Å². The Hall–Kier alpha value is -2.66. The summed E-state index contributed by atoms with van der Waals surface area (Å²) >= 11 is 0. The van der Waals surface area contributed by atoms with Gasteiger partial charge in [-0.15, -0.1) is 0 Å². The highest BCUT2D eigenvalue weighted by Crippen LogP contribution is 2.56. The first-order valence-electron chi connectivity index (χ1n) is 10.6. The zero-order chi connectivity index (χ0) is 20.8. The lowest BCUT2D eigenvalue weighted by molar-refractivity contribution is -0.0418. The van der Waals surface area contributed by atoms with Crippen LogP contribution < -0.4 is 18.9 Å². The van der Waals surface area contributed by atoms with Crippen LogP contribution in [0.25, 0.3) is 6.08 Å². The summed E-state index contributed by atoms with van der Waals surface area (Å²) in [5.74, 6) is 3.45. The van der Waals surface area contributed by atoms with Gasteiger partial charge in [-0.2, -0.15) is 0 Å². The van der Waals surface area contributed by atoms with Crippen LogP contribution >= 0.6 is 0 Å². The lowest BCUT2D eigenvalue weighted by atomic mass is 9.85. The number of benzene rings is 2. The van der Waals surface area contributed by atoms with Crippen molar-refractivity contribution in [3.63, 3.8) is 0 Å². The molecule has 2 aromatic rings. The second-order valence-corrected chi connectivity index (χ2v) is 9.78. The van der Waals surface area contributed by atoms with Gasteiger partial charge in [0.15, 0.2) is 0 Å². The van der Waals surface area contributed by atoms with Gasteiger partial charge in [0.1, 0.15) is 40.3 Å². The van der Waals surface area contributed by atoms with Crippen LogP contribution in [-0.2, 0) is 6.42 Å². The Morgan fingerprint density at radius 2 is 1.70 bits per heavy atom. The van der Waals surface area contributed by atoms with Crippen molar-refractivity contribution in [2.45, 2.75) is 63.4 Å². The van der Waals surface area contributed by atoms with Gasteiger partial charge >= 0.3 is 0 Å². The van der Waals surface area contributed by atoms with Crippen molar-refractivity contribution >= 4 is 6.08 Å². The molecule has 4 aliphatic rings. The second-order valence-electron chi connectivity index (χ2n) is 9.78. The smallest absolute Gasteiger partial charge is 0.138 e. The summed E-state index contributed by atoms with van der Waals surface area (Å²) in [6, 6.07) is 8.18. The molecule has 0 bridgehead atoms. The van der Waals surface area contributed by atoms with E-state index >= 15 is 0 Å². The Bertz CT molecular complexity index is 1100. The fourth-order valence-corrected chi connectivity index (χ4v) is 4.97. The second kappa shape index (κ2) is 5.73. The van der Waals surface area contributed by atoms with Crippen molar-refractivity contribution in [3.05, 3.63) is 52.6 Å². The van der Waals surface area contributed by atoms with Gasteiger partial charge < -0.3 is 24.1 Å². The van der Waals surface area contributed by atoms with Gasteiger partial charge in [-0.05, 0) is 58.0 Å². The first-order chi connectivity index (χ1) is 14.2. The third-order valence-corrected chi connectivity index (χ3v) is 6.76. The minimum Gasteiger partial charge on any atom is -0.492 e. The van der Waals surface area contributed by atoms with E-state index in [1.54, 1.807) is 0 Å². The van der Waals surface area contributed by atoms with Gasteiger partial charge in [0.25, 0.3) is 0 Å². The fraction of sp³-hybridized carbons (Fsp3) is 0.440. The van der Waals surface area contributed by atoms with Crippen molar-refractivity contribution in [2.75, 3.05) is 6.61 Å². The summed E-state index contributed by atoms with van der Waals surface area (Å²) in [6.45, 7) is 8.46. The van der Waals surface area contributed by atoms with Crippen LogP contribution in [0.3, 0.4) is 0 Å². The number of hydrogen-bond donors (Lipinski definition) is 1. The number of hydrogen-bond acceptors (Lipinski definition) is 5. The molecule has 3 atom stereocenters. The van der Waals surface area contributed by atoms with Crippen molar-refractivity contribution < 1.29 is 24.1 Å². The Morgan fingerprint density at radius 3 is 2.53 bits per heavy atom. The maximum absolute atomic E-state index is 10.6. The van der Waals surface area contributed by atoms with E-state index in [2.05, 4.69) is 24.3 Å². The topological polar surface area (TPSA) is 57.2 Å². The Balaban J connectivity index is 1.41. The highest BCUT2D eigenvalue weighted by molar-refractivity contribution is 5.71. The molecule has 6 rings (SSSR count). The van der Waals surface area contributed by atoms with Gasteiger partial charge in [0, 0.05) is 23.1 Å². The van der Waals surface area contributed by atoms with Crippen LogP contribution in [0.15, 0.2) is 30.3 Å². The Labute approximate surface area is 176 Å². The van der Waals surface area contributed by atoms with E-state index in [9.17, 15) is 5.11 Å². The standard InChI is InChI=1S/C25H26O5/c1-24(2)10-9-14-18(29-24)8-6-15-21(14)27-12-17-13-5-7-19-16(22(13)28-23(15)17)11-20(26)25(3,4)30-19/h5-10,17,20,23,26H,11-12H2,1-4H3/t17-,20?,23-/m0/s1. The Kier molecular flexibility index (Phi) is 3.46. The number of aliphatic hydroxyl groups is 1. The van der Waals surface area contributed by atoms with Crippen molar-refractivity contribution in [1.29, 1.82) is 0 Å². The monoisotopic (exact) mass is 406 g/mol. The van der Waals surface area contributed by atoms with E-state index in [-0.39, 0.29) is 17.6 Å². The van der Waals surface area contributed by atoms with E-state index in [1.165, 1.54) is 0 Å². The first kappa shape index (κ1) is 18.1. The van der Waals surface area contributed by atoms with Crippen molar-refractivity contribution in [3.8, 4) is 23.0 Å². The molecule has 0 saturated carbocycles. The van der Waals surface area contributed by atoms with E-state index in [4.69, 9.17) is 18.9 Å². The van der Waals surface area contributed by atoms with Crippen LogP contribution in [0.5, 0.6) is 23.0 Å². The predicted molar refractivity (Wildman–Crippen MR) is 113 cm³/mol. The molecular weight excluding hydrogens is 380 g/mol. The zero-order valence-electron chi connectivity index (χ0n) is 17.7. The Morgan fingerprint density at radius 1 is 0.933 bits per heavy atom. The van der Waals surface area contributed by atoms with Crippen LogP contribution in [0.4, 0.5) is 0 Å². The highest BCUT2D eigenvalue weighted by atomic mass is 16.5. The third kappa shape index (κ3) is 2.45. The average Bonchev–Trinajstić information content (AvgIpc) is 3.07. The molecule has 4 heterocycles. The number of ether oxygens (including phenoxy) is 4. The van der Waals surface area contributed by atoms with Gasteiger partial charge in [-0.3, -0.25) is 0 Å². The largest absolute Gasteiger partial charge is 0.492 e. The maximum Gasteiger partial charge on any atom is 0.138 e. The summed E-state index contributed by atoms with van der Waals surface area (Å²) in [4.78, 5) is 0. The molecule has 156 valence electrons. The highest BCUT2D eigenvalue weighted by Gasteiger charge is 2.46. The molecular formula is C25H26O5. The third-order valence-electron chi connectivity index (χ3n) is 6.76. The normalized spacial score (nSPS) is 28.4. The van der Waals surface area contributed by atoms with Gasteiger partial charge in [-0.1, -0.05) is 6.07 Å². The molecule has 0 aromatic heterocycles. The molecule has 0 saturated heterocycles. The van der Waals surface area contributed by atoms with Gasteiger partial charge in [-0.25, -0.2) is 0 Å². The van der Waals surface area contributed by atoms with E-state index in [0.29, 0.717) is 13.0 Å². The molecule has 5 heteroatoms. The number of fused-ring (bicyclic) bond motifs is 9. The average molecular weight is 406 g/mol. The van der Waals surface area contributed by atoms with Crippen molar-refractivity contribution in [2.24, 2.45) is 0 Å². The molecule has 0 spiro atoms. The minimum atomic E-state index is -0.610. The summed E-state index contributed by atoms with van der Waals surface area (Å²) in [5.41, 5.74) is 3.17. The summed E-state index contributed by atoms with van der Waals surface area (Å²) in [5, 5.41) is 10.6. The van der Waals surface area contributed by atoms with E-state index in [1.807, 2.05) is 39.8 Å². The molecule has 0 aliphatic carbocycles. The SMILES string of the molecule is CC1(C)C=Cc2c(ccc3c2OC[C@H]2c4ccc5c(c4O[C@@H]32)CC(O)C(C)(C)O5)O1. The van der Waals surface area contributed by atoms with E-state index < -0.39 is 11.7 Å². The minimum absolute atomic E-state index is 0.115. The molecule has 5 nitrogen and oxygen atoms in total. The van der Waals surface area contributed by atoms with Crippen LogP contribution in [-0.4, -0.2) is 29.0 Å². The maximum atomic E-state index is 10.6. The molecule has 2 aromatic carbocycles. The lowest BCUT2D eigenvalue weighted by Gasteiger charge is -2.37. The molecule has 1 unspecified atom stereocenters. The van der Waals surface area contributed by atoms with Crippen LogP contribution in [0.1, 0.15) is 62.0 Å². The molecule has 30 heavy (non-hydrogen) atoms. The van der Waals surface area contributed by atoms with Crippen molar-refractivity contribution in [1.82, 2.24) is 0 Å². The fourth-order valence-electron chi connectivity index (χ4n) is 4.97. The van der Waals surface area contributed by atoms with Gasteiger partial charge in [0.2, 0.25) is 0 Å². The predicted octanol–water partition coefficient (Wildman–Crippen LogP) is 4.55. The lowest BCUT2D eigenvalue weighted by Crippen LogP contribution is -2.46. The molecule has 0 amide bonds. The summed E-state index contributed by atoms with van der Waals surface area (Å²) < 4.78 is 25.0. The summed E-state index contributed by atoms with van der Waals surface area (Å²) in [7, 11) is 0. The zero-order valence-corrected chi connectivity index (χ0v) is 17.7. The van der Waals surface area contributed by atoms with Crippen LogP contribution in [0.2, 0.25) is 0 Å². The molecule has 1 N–H and O–H groups in total. The van der Waals surface area contributed by atoms with Crippen LogP contribution in [0, 0.1) is 0 Å². The molecule has 0 radical (unpaired) electrons. The molecule has 0 fully saturated rings. The number of aliphatic hydroxyl groups excluding tert-OH is 1. The number of rotatable bonds is 0. The summed E-state index contributed by atoms with van der Waals surface area (Å²) in [6.07, 6.45) is 3.98.